The predicted octanol–water partition coefficient (Wildman–Crippen LogP) is 4.41. The molecule has 0 atom stereocenters. The normalized spacial score (nSPS) is 10.4. The number of carbonyl (C=O) groups is 1. The average molecular weight is 303 g/mol. The summed E-state index contributed by atoms with van der Waals surface area (Å²) in [6, 6.07) is 6.23. The van der Waals surface area contributed by atoms with Crippen molar-refractivity contribution in [2.45, 2.75) is 0 Å². The second-order valence-electron chi connectivity index (χ2n) is 3.52. The van der Waals surface area contributed by atoms with Crippen molar-refractivity contribution in [1.82, 2.24) is 4.98 Å². The van der Waals surface area contributed by atoms with Gasteiger partial charge in [-0.05, 0) is 24.3 Å². The van der Waals surface area contributed by atoms with Crippen LogP contribution in [-0.2, 0) is 0 Å². The number of nitrogens with zero attached hydrogens (tertiary/aromatic N) is 1. The number of carboxylic acids is 1. The van der Waals surface area contributed by atoms with Crippen LogP contribution in [0.3, 0.4) is 0 Å². The topological polar surface area (TPSA) is 50.2 Å². The van der Waals surface area contributed by atoms with Crippen molar-refractivity contribution in [2.75, 3.05) is 0 Å². The highest BCUT2D eigenvalue weighted by atomic mass is 35.5. The van der Waals surface area contributed by atoms with Crippen molar-refractivity contribution in [1.29, 1.82) is 0 Å². The predicted molar refractivity (Wildman–Crippen MR) is 71.7 cm³/mol. The van der Waals surface area contributed by atoms with Crippen LogP contribution in [0.5, 0.6) is 0 Å². The van der Waals surface area contributed by atoms with E-state index in [-0.39, 0.29) is 10.6 Å². The monoisotopic (exact) mass is 301 g/mol. The van der Waals surface area contributed by atoms with E-state index < -0.39 is 5.97 Å². The molecule has 1 aromatic heterocycles. The Kier molecular flexibility index (Phi) is 3.76. The largest absolute Gasteiger partial charge is 0.478 e. The van der Waals surface area contributed by atoms with Gasteiger partial charge in [0.05, 0.1) is 16.3 Å². The lowest BCUT2D eigenvalue weighted by molar-refractivity contribution is 0.0696. The van der Waals surface area contributed by atoms with Crippen LogP contribution < -0.4 is 0 Å². The fourth-order valence-electron chi connectivity index (χ4n) is 1.46. The molecule has 3 nitrogen and oxygen atoms in total. The highest BCUT2D eigenvalue weighted by Gasteiger charge is 2.11. The van der Waals surface area contributed by atoms with Gasteiger partial charge in [-0.3, -0.25) is 4.98 Å². The molecule has 92 valence electrons. The molecule has 1 N–H and O–H groups in total. The number of carboxylic acid groups (broad SMARTS) is 1. The minimum atomic E-state index is -1.08. The summed E-state index contributed by atoms with van der Waals surface area (Å²) in [5.74, 6) is -1.08. The Labute approximate surface area is 118 Å². The van der Waals surface area contributed by atoms with Gasteiger partial charge in [-0.15, -0.1) is 0 Å². The Bertz CT molecular complexity index is 608. The Morgan fingerprint density at radius 2 is 1.67 bits per heavy atom. The van der Waals surface area contributed by atoms with Crippen LogP contribution in [0, 0.1) is 0 Å². The maximum Gasteiger partial charge on any atom is 0.337 e. The summed E-state index contributed by atoms with van der Waals surface area (Å²) < 4.78 is 0. The third-order valence-corrected chi connectivity index (χ3v) is 2.95. The van der Waals surface area contributed by atoms with Crippen molar-refractivity contribution in [3.8, 4) is 11.3 Å². The first-order valence-electron chi connectivity index (χ1n) is 4.82. The molecule has 0 aliphatic carbocycles. The number of hydrogen-bond donors (Lipinski definition) is 1. The van der Waals surface area contributed by atoms with Crippen LogP contribution in [0.15, 0.2) is 30.5 Å². The van der Waals surface area contributed by atoms with Crippen molar-refractivity contribution >= 4 is 40.8 Å². The zero-order valence-corrected chi connectivity index (χ0v) is 11.1. The number of pyridine rings is 1. The van der Waals surface area contributed by atoms with E-state index in [1.807, 2.05) is 0 Å². The van der Waals surface area contributed by atoms with E-state index >= 15 is 0 Å². The SMILES string of the molecule is O=C(O)c1cnc(-c2cc(Cl)cc(Cl)c2)c(Cl)c1. The molecule has 0 unspecified atom stereocenters. The van der Waals surface area contributed by atoms with E-state index in [1.165, 1.54) is 12.3 Å². The number of benzene rings is 1. The van der Waals surface area contributed by atoms with Gasteiger partial charge in [0.2, 0.25) is 0 Å². The molecule has 2 aromatic rings. The molecule has 1 heterocycles. The van der Waals surface area contributed by atoms with Gasteiger partial charge in [0.15, 0.2) is 0 Å². The van der Waals surface area contributed by atoms with Crippen molar-refractivity contribution in [3.63, 3.8) is 0 Å². The maximum absolute atomic E-state index is 10.8. The zero-order chi connectivity index (χ0) is 13.3. The first-order chi connectivity index (χ1) is 8.47. The Morgan fingerprint density at radius 3 is 2.17 bits per heavy atom. The van der Waals surface area contributed by atoms with Gasteiger partial charge in [-0.25, -0.2) is 4.79 Å². The van der Waals surface area contributed by atoms with Crippen LogP contribution >= 0.6 is 34.8 Å². The Morgan fingerprint density at radius 1 is 1.06 bits per heavy atom. The molecule has 0 aliphatic heterocycles. The summed E-state index contributed by atoms with van der Waals surface area (Å²) in [6.45, 7) is 0. The van der Waals surface area contributed by atoms with E-state index in [1.54, 1.807) is 18.2 Å². The summed E-state index contributed by atoms with van der Waals surface area (Å²) in [6.07, 6.45) is 1.23. The average Bonchev–Trinajstić information content (AvgIpc) is 2.27. The molecule has 0 saturated carbocycles. The minimum Gasteiger partial charge on any atom is -0.478 e. The smallest absolute Gasteiger partial charge is 0.337 e. The van der Waals surface area contributed by atoms with Crippen molar-refractivity contribution < 1.29 is 9.90 Å². The first kappa shape index (κ1) is 13.1. The Hall–Kier alpha value is -1.29. The number of hydrogen-bond acceptors (Lipinski definition) is 2. The molecule has 0 bridgehead atoms. The molecule has 6 heteroatoms. The Balaban J connectivity index is 2.54. The maximum atomic E-state index is 10.8. The number of aromatic carboxylic acids is 1. The quantitative estimate of drug-likeness (QED) is 0.894. The first-order valence-corrected chi connectivity index (χ1v) is 5.96. The lowest BCUT2D eigenvalue weighted by atomic mass is 10.1. The van der Waals surface area contributed by atoms with E-state index in [0.717, 1.165) is 0 Å². The lowest BCUT2D eigenvalue weighted by Gasteiger charge is -2.05. The van der Waals surface area contributed by atoms with Gasteiger partial charge in [0.25, 0.3) is 0 Å². The third-order valence-electron chi connectivity index (χ3n) is 2.22. The summed E-state index contributed by atoms with van der Waals surface area (Å²) in [7, 11) is 0. The molecule has 1 aromatic carbocycles. The molecule has 0 aliphatic rings. The van der Waals surface area contributed by atoms with Crippen molar-refractivity contribution in [2.24, 2.45) is 0 Å². The summed E-state index contributed by atoms with van der Waals surface area (Å²) >= 11 is 17.8. The van der Waals surface area contributed by atoms with Gasteiger partial charge in [-0.1, -0.05) is 34.8 Å². The highest BCUT2D eigenvalue weighted by molar-refractivity contribution is 6.36. The van der Waals surface area contributed by atoms with Gasteiger partial charge in [0, 0.05) is 21.8 Å². The van der Waals surface area contributed by atoms with Crippen LogP contribution in [0.1, 0.15) is 10.4 Å². The lowest BCUT2D eigenvalue weighted by Crippen LogP contribution is -1.98. The molecule has 0 fully saturated rings. The van der Waals surface area contributed by atoms with Gasteiger partial charge in [0.1, 0.15) is 0 Å². The van der Waals surface area contributed by atoms with E-state index in [2.05, 4.69) is 4.98 Å². The van der Waals surface area contributed by atoms with E-state index in [9.17, 15) is 4.79 Å². The van der Waals surface area contributed by atoms with Crippen LogP contribution in [-0.4, -0.2) is 16.1 Å². The summed E-state index contributed by atoms with van der Waals surface area (Å²) in [5.41, 5.74) is 1.09. The molecule has 0 spiro atoms. The number of halogens is 3. The number of aromatic nitrogens is 1. The molecule has 0 amide bonds. The molecule has 2 rings (SSSR count). The summed E-state index contributed by atoms with van der Waals surface area (Å²) in [4.78, 5) is 14.8. The van der Waals surface area contributed by atoms with Crippen LogP contribution in [0.25, 0.3) is 11.3 Å². The highest BCUT2D eigenvalue weighted by Crippen LogP contribution is 2.30. The molecular weight excluding hydrogens is 296 g/mol. The van der Waals surface area contributed by atoms with Gasteiger partial charge in [-0.2, -0.15) is 0 Å². The molecule has 0 radical (unpaired) electrons. The zero-order valence-electron chi connectivity index (χ0n) is 8.82. The van der Waals surface area contributed by atoms with Crippen molar-refractivity contribution in [3.05, 3.63) is 51.1 Å². The van der Waals surface area contributed by atoms with Gasteiger partial charge >= 0.3 is 5.97 Å². The molecular formula is C12H6Cl3NO2. The fourth-order valence-corrected chi connectivity index (χ4v) is 2.26. The van der Waals surface area contributed by atoms with Crippen LogP contribution in [0.4, 0.5) is 0 Å². The van der Waals surface area contributed by atoms with Gasteiger partial charge < -0.3 is 5.11 Å². The van der Waals surface area contributed by atoms with E-state index in [0.29, 0.717) is 21.3 Å². The summed E-state index contributed by atoms with van der Waals surface area (Å²) in [5, 5.41) is 9.96. The minimum absolute atomic E-state index is 0.0249. The standard InChI is InChI=1S/C12H6Cl3NO2/c13-8-1-6(2-9(14)4-8)11-10(15)3-7(5-16-11)12(17)18/h1-5H,(H,17,18). The van der Waals surface area contributed by atoms with E-state index in [4.69, 9.17) is 39.9 Å². The third kappa shape index (κ3) is 2.75. The molecule has 0 saturated heterocycles. The number of rotatable bonds is 2. The second-order valence-corrected chi connectivity index (χ2v) is 4.80. The second kappa shape index (κ2) is 5.14. The molecule has 18 heavy (non-hydrogen) atoms. The fraction of sp³-hybridized carbons (Fsp3) is 0. The van der Waals surface area contributed by atoms with Crippen LogP contribution in [0.2, 0.25) is 15.1 Å².